The lowest BCUT2D eigenvalue weighted by atomic mass is 10.1. The van der Waals surface area contributed by atoms with E-state index in [0.29, 0.717) is 11.3 Å². The highest BCUT2D eigenvalue weighted by Crippen LogP contribution is 2.21. The van der Waals surface area contributed by atoms with Crippen LogP contribution in [0.15, 0.2) is 24.3 Å². The van der Waals surface area contributed by atoms with Crippen molar-refractivity contribution < 1.29 is 14.2 Å². The molecule has 0 aliphatic heterocycles. The number of alkyl halides is 1. The Morgan fingerprint density at radius 1 is 1.31 bits per heavy atom. The fourth-order valence-electron chi connectivity index (χ4n) is 1.07. The maximum atomic E-state index is 12.7. The van der Waals surface area contributed by atoms with Crippen molar-refractivity contribution in [2.75, 3.05) is 7.11 Å². The van der Waals surface area contributed by atoms with Crippen LogP contribution in [0.25, 0.3) is 0 Å². The number of ether oxygens (including phenoxy) is 1. The molecular weight excluding hydrogens is 171 g/mol. The number of methoxy groups -OCH3 is 1. The Morgan fingerprint density at radius 2 is 1.85 bits per heavy atom. The van der Waals surface area contributed by atoms with Crippen LogP contribution in [0.3, 0.4) is 0 Å². The molecule has 1 N–H and O–H groups in total. The maximum absolute atomic E-state index is 12.7. The Hall–Kier alpha value is -1.09. The van der Waals surface area contributed by atoms with Crippen molar-refractivity contribution in [3.05, 3.63) is 29.8 Å². The van der Waals surface area contributed by atoms with Gasteiger partial charge < -0.3 is 9.84 Å². The van der Waals surface area contributed by atoms with Gasteiger partial charge in [-0.1, -0.05) is 12.1 Å². The van der Waals surface area contributed by atoms with Gasteiger partial charge >= 0.3 is 0 Å². The van der Waals surface area contributed by atoms with Gasteiger partial charge in [0, 0.05) is 0 Å². The summed E-state index contributed by atoms with van der Waals surface area (Å²) in [7, 11) is 1.56. The van der Waals surface area contributed by atoms with Crippen LogP contribution in [0.4, 0.5) is 4.39 Å². The van der Waals surface area contributed by atoms with Crippen molar-refractivity contribution in [3.8, 4) is 5.75 Å². The average molecular weight is 184 g/mol. The van der Waals surface area contributed by atoms with E-state index in [-0.39, 0.29) is 0 Å². The Kier molecular flexibility index (Phi) is 3.25. The fraction of sp³-hybridized carbons (Fsp3) is 0.400. The van der Waals surface area contributed by atoms with Gasteiger partial charge in [0.25, 0.3) is 0 Å². The van der Waals surface area contributed by atoms with Gasteiger partial charge in [-0.15, -0.1) is 0 Å². The third kappa shape index (κ3) is 2.42. The standard InChI is InChI=1S/C10H13FO2/c1-7(11)10(12)8-3-5-9(13-2)6-4-8/h3-7,10,12H,1-2H3. The zero-order valence-corrected chi connectivity index (χ0v) is 7.70. The lowest BCUT2D eigenvalue weighted by Crippen LogP contribution is -2.08. The first-order valence-corrected chi connectivity index (χ1v) is 4.11. The molecule has 2 nitrogen and oxygen atoms in total. The average Bonchev–Trinajstić information content (AvgIpc) is 2.17. The first-order chi connectivity index (χ1) is 6.15. The number of hydrogen-bond acceptors (Lipinski definition) is 2. The zero-order chi connectivity index (χ0) is 9.84. The molecule has 0 fully saturated rings. The smallest absolute Gasteiger partial charge is 0.127 e. The Labute approximate surface area is 77.0 Å². The molecule has 0 bridgehead atoms. The quantitative estimate of drug-likeness (QED) is 0.779. The summed E-state index contributed by atoms with van der Waals surface area (Å²) in [6, 6.07) is 6.70. The molecule has 0 spiro atoms. The van der Waals surface area contributed by atoms with Crippen LogP contribution in [-0.4, -0.2) is 18.4 Å². The number of hydrogen-bond donors (Lipinski definition) is 1. The molecule has 0 saturated carbocycles. The monoisotopic (exact) mass is 184 g/mol. The van der Waals surface area contributed by atoms with Gasteiger partial charge in [-0.3, -0.25) is 0 Å². The first kappa shape index (κ1) is 9.99. The summed E-state index contributed by atoms with van der Waals surface area (Å²) in [6.45, 7) is 1.33. The molecule has 0 aromatic heterocycles. The number of aliphatic hydroxyl groups excluding tert-OH is 1. The van der Waals surface area contributed by atoms with Gasteiger partial charge in [-0.25, -0.2) is 4.39 Å². The number of benzene rings is 1. The third-order valence-electron chi connectivity index (χ3n) is 1.89. The molecule has 1 aromatic rings. The van der Waals surface area contributed by atoms with E-state index >= 15 is 0 Å². The van der Waals surface area contributed by atoms with Crippen LogP contribution in [0.2, 0.25) is 0 Å². The molecular formula is C10H13FO2. The van der Waals surface area contributed by atoms with Crippen molar-refractivity contribution in [1.82, 2.24) is 0 Å². The topological polar surface area (TPSA) is 29.5 Å². The first-order valence-electron chi connectivity index (χ1n) is 4.11. The van der Waals surface area contributed by atoms with Crippen molar-refractivity contribution >= 4 is 0 Å². The second-order valence-corrected chi connectivity index (χ2v) is 2.90. The molecule has 3 heteroatoms. The highest BCUT2D eigenvalue weighted by molar-refractivity contribution is 5.28. The molecule has 0 aliphatic rings. The molecule has 13 heavy (non-hydrogen) atoms. The van der Waals surface area contributed by atoms with Crippen molar-refractivity contribution in [3.63, 3.8) is 0 Å². The van der Waals surface area contributed by atoms with Crippen molar-refractivity contribution in [2.24, 2.45) is 0 Å². The summed E-state index contributed by atoms with van der Waals surface area (Å²) in [5, 5.41) is 9.35. The van der Waals surface area contributed by atoms with E-state index in [1.807, 2.05) is 0 Å². The van der Waals surface area contributed by atoms with Crippen LogP contribution >= 0.6 is 0 Å². The molecule has 0 heterocycles. The predicted octanol–water partition coefficient (Wildman–Crippen LogP) is 2.09. The minimum atomic E-state index is -1.26. The molecule has 1 aromatic carbocycles. The molecule has 0 aliphatic carbocycles. The summed E-state index contributed by atoms with van der Waals surface area (Å²) in [5.41, 5.74) is 0.566. The van der Waals surface area contributed by atoms with E-state index in [1.165, 1.54) is 6.92 Å². The number of aliphatic hydroxyl groups is 1. The Morgan fingerprint density at radius 3 is 2.23 bits per heavy atom. The van der Waals surface area contributed by atoms with Crippen LogP contribution in [-0.2, 0) is 0 Å². The Balaban J connectivity index is 2.79. The molecule has 0 radical (unpaired) electrons. The predicted molar refractivity (Wildman–Crippen MR) is 48.5 cm³/mol. The van der Waals surface area contributed by atoms with E-state index in [0.717, 1.165) is 0 Å². The van der Waals surface area contributed by atoms with Crippen LogP contribution in [0, 0.1) is 0 Å². The Bertz CT molecular complexity index is 256. The summed E-state index contributed by atoms with van der Waals surface area (Å²) in [4.78, 5) is 0. The number of halogens is 1. The van der Waals surface area contributed by atoms with Gasteiger partial charge in [0.1, 0.15) is 18.0 Å². The summed E-state index contributed by atoms with van der Waals surface area (Å²) < 4.78 is 17.6. The normalized spacial score (nSPS) is 15.1. The maximum Gasteiger partial charge on any atom is 0.127 e. The van der Waals surface area contributed by atoms with E-state index in [2.05, 4.69) is 0 Å². The van der Waals surface area contributed by atoms with Crippen molar-refractivity contribution in [2.45, 2.75) is 19.2 Å². The van der Waals surface area contributed by atoms with E-state index in [4.69, 9.17) is 4.74 Å². The van der Waals surface area contributed by atoms with Gasteiger partial charge in [-0.2, -0.15) is 0 Å². The zero-order valence-electron chi connectivity index (χ0n) is 7.70. The van der Waals surface area contributed by atoms with Gasteiger partial charge in [0.15, 0.2) is 0 Å². The van der Waals surface area contributed by atoms with Crippen LogP contribution in [0.5, 0.6) is 5.75 Å². The molecule has 0 amide bonds. The van der Waals surface area contributed by atoms with Crippen LogP contribution in [0.1, 0.15) is 18.6 Å². The van der Waals surface area contributed by atoms with Gasteiger partial charge in [0.05, 0.1) is 7.11 Å². The highest BCUT2D eigenvalue weighted by Gasteiger charge is 2.14. The lowest BCUT2D eigenvalue weighted by molar-refractivity contribution is 0.0882. The summed E-state index contributed by atoms with van der Waals surface area (Å²) in [5.74, 6) is 0.697. The molecule has 72 valence electrons. The molecule has 2 unspecified atom stereocenters. The SMILES string of the molecule is COc1ccc(C(O)C(C)F)cc1. The highest BCUT2D eigenvalue weighted by atomic mass is 19.1. The molecule has 2 atom stereocenters. The van der Waals surface area contributed by atoms with Crippen LogP contribution < -0.4 is 4.74 Å². The summed E-state index contributed by atoms with van der Waals surface area (Å²) >= 11 is 0. The largest absolute Gasteiger partial charge is 0.497 e. The third-order valence-corrected chi connectivity index (χ3v) is 1.89. The lowest BCUT2D eigenvalue weighted by Gasteiger charge is -2.12. The second-order valence-electron chi connectivity index (χ2n) is 2.90. The minimum Gasteiger partial charge on any atom is -0.497 e. The minimum absolute atomic E-state index is 0.566. The second kappa shape index (κ2) is 4.23. The van der Waals surface area contributed by atoms with E-state index < -0.39 is 12.3 Å². The van der Waals surface area contributed by atoms with Gasteiger partial charge in [-0.05, 0) is 24.6 Å². The number of rotatable bonds is 3. The summed E-state index contributed by atoms with van der Waals surface area (Å²) in [6.07, 6.45) is -2.31. The molecule has 1 rings (SSSR count). The molecule has 0 saturated heterocycles. The van der Waals surface area contributed by atoms with Gasteiger partial charge in [0.2, 0.25) is 0 Å². The van der Waals surface area contributed by atoms with E-state index in [9.17, 15) is 9.50 Å². The van der Waals surface area contributed by atoms with Crippen molar-refractivity contribution in [1.29, 1.82) is 0 Å². The fourth-order valence-corrected chi connectivity index (χ4v) is 1.07. The van der Waals surface area contributed by atoms with E-state index in [1.54, 1.807) is 31.4 Å².